The van der Waals surface area contributed by atoms with Gasteiger partial charge in [-0.1, -0.05) is 12.5 Å². The van der Waals surface area contributed by atoms with Crippen LogP contribution in [0, 0.1) is 25.2 Å². The second-order valence-electron chi connectivity index (χ2n) is 8.52. The predicted octanol–water partition coefficient (Wildman–Crippen LogP) is 2.23. The van der Waals surface area contributed by atoms with Crippen LogP contribution in [-0.2, 0) is 22.7 Å². The minimum atomic E-state index is -0.120. The van der Waals surface area contributed by atoms with Gasteiger partial charge in [0.2, 0.25) is 11.8 Å². The van der Waals surface area contributed by atoms with E-state index in [4.69, 9.17) is 0 Å². The Hall–Kier alpha value is -2.70. The molecule has 1 spiro atoms. The van der Waals surface area contributed by atoms with Crippen molar-refractivity contribution < 1.29 is 9.59 Å². The Labute approximate surface area is 171 Å². The van der Waals surface area contributed by atoms with E-state index in [0.29, 0.717) is 32.6 Å². The van der Waals surface area contributed by atoms with Gasteiger partial charge in [0.25, 0.3) is 0 Å². The molecule has 1 aliphatic carbocycles. The van der Waals surface area contributed by atoms with Crippen molar-refractivity contribution in [3.63, 3.8) is 0 Å². The van der Waals surface area contributed by atoms with Crippen LogP contribution < -0.4 is 5.32 Å². The number of carbonyl (C=O) groups is 2. The lowest BCUT2D eigenvalue weighted by atomic mass is 9.62. The first kappa shape index (κ1) is 19.6. The van der Waals surface area contributed by atoms with Gasteiger partial charge in [0.05, 0.1) is 11.6 Å². The smallest absolute Gasteiger partial charge is 0.225 e. The molecule has 154 valence electrons. The molecule has 1 saturated carbocycles. The molecule has 1 saturated heterocycles. The van der Waals surface area contributed by atoms with Gasteiger partial charge < -0.3 is 10.2 Å². The molecule has 4 rings (SSSR count). The number of aromatic nitrogens is 3. The van der Waals surface area contributed by atoms with Gasteiger partial charge in [-0.3, -0.25) is 19.3 Å². The van der Waals surface area contributed by atoms with E-state index in [1.54, 1.807) is 12.4 Å². The fourth-order valence-electron chi connectivity index (χ4n) is 4.73. The Morgan fingerprint density at radius 1 is 1.31 bits per heavy atom. The van der Waals surface area contributed by atoms with Crippen molar-refractivity contribution in [2.75, 3.05) is 13.1 Å². The normalized spacial score (nSPS) is 19.9. The number of likely N-dealkylation sites (tertiary alicyclic amines) is 1. The predicted molar refractivity (Wildman–Crippen MR) is 109 cm³/mol. The summed E-state index contributed by atoms with van der Waals surface area (Å²) < 4.78 is 1.89. The highest BCUT2D eigenvalue weighted by Gasteiger charge is 2.54. The van der Waals surface area contributed by atoms with Crippen molar-refractivity contribution in [1.29, 1.82) is 0 Å². The van der Waals surface area contributed by atoms with Crippen LogP contribution in [0.3, 0.4) is 0 Å². The van der Waals surface area contributed by atoms with Crippen LogP contribution in [0.2, 0.25) is 0 Å². The van der Waals surface area contributed by atoms with Gasteiger partial charge in [-0.05, 0) is 44.4 Å². The quantitative estimate of drug-likeness (QED) is 0.813. The summed E-state index contributed by atoms with van der Waals surface area (Å²) in [6.07, 6.45) is 7.10. The standard InChI is InChI=1S/C22H29N5O2/c1-16-11-17(2)27(25-16)10-6-20(28)26-14-19(22(15-26)7-4-8-22)21(29)24-13-18-5-3-9-23-12-18/h3,5,9,11-12,19H,4,6-8,10,13-15H2,1-2H3,(H,24,29). The number of nitrogens with one attached hydrogen (secondary N) is 1. The Kier molecular flexibility index (Phi) is 5.39. The van der Waals surface area contributed by atoms with Gasteiger partial charge in [0.15, 0.2) is 0 Å². The van der Waals surface area contributed by atoms with E-state index in [1.807, 2.05) is 41.6 Å². The molecule has 2 amide bonds. The number of aryl methyl sites for hydroxylation is 3. The highest BCUT2D eigenvalue weighted by molar-refractivity contribution is 5.83. The number of hydrogen-bond donors (Lipinski definition) is 1. The lowest BCUT2D eigenvalue weighted by Crippen LogP contribution is -2.45. The third kappa shape index (κ3) is 4.04. The zero-order valence-corrected chi connectivity index (χ0v) is 17.2. The number of amides is 2. The van der Waals surface area contributed by atoms with Crippen LogP contribution in [0.25, 0.3) is 0 Å². The summed E-state index contributed by atoms with van der Waals surface area (Å²) in [5, 5.41) is 7.50. The van der Waals surface area contributed by atoms with Crippen LogP contribution in [0.1, 0.15) is 42.6 Å². The number of hydrogen-bond acceptors (Lipinski definition) is 4. The van der Waals surface area contributed by atoms with E-state index in [9.17, 15) is 9.59 Å². The summed E-state index contributed by atoms with van der Waals surface area (Å²) in [4.78, 5) is 31.8. The van der Waals surface area contributed by atoms with Gasteiger partial charge in [-0.15, -0.1) is 0 Å². The van der Waals surface area contributed by atoms with Crippen molar-refractivity contribution >= 4 is 11.8 Å². The summed E-state index contributed by atoms with van der Waals surface area (Å²) >= 11 is 0. The van der Waals surface area contributed by atoms with E-state index in [0.717, 1.165) is 36.2 Å². The van der Waals surface area contributed by atoms with E-state index in [1.165, 1.54) is 0 Å². The molecule has 7 heteroatoms. The molecule has 0 bridgehead atoms. The van der Waals surface area contributed by atoms with Gasteiger partial charge in [-0.2, -0.15) is 5.10 Å². The second-order valence-corrected chi connectivity index (χ2v) is 8.52. The number of pyridine rings is 1. The summed E-state index contributed by atoms with van der Waals surface area (Å²) in [7, 11) is 0. The van der Waals surface area contributed by atoms with Crippen LogP contribution >= 0.6 is 0 Å². The third-order valence-electron chi connectivity index (χ3n) is 6.50. The molecule has 1 aliphatic heterocycles. The average molecular weight is 396 g/mol. The largest absolute Gasteiger partial charge is 0.352 e. The van der Waals surface area contributed by atoms with Crippen molar-refractivity contribution in [3.8, 4) is 0 Å². The summed E-state index contributed by atoms with van der Waals surface area (Å²) in [5.41, 5.74) is 2.99. The van der Waals surface area contributed by atoms with E-state index < -0.39 is 0 Å². The van der Waals surface area contributed by atoms with Gasteiger partial charge in [0.1, 0.15) is 0 Å². The molecule has 2 aromatic rings. The Balaban J connectivity index is 1.36. The molecule has 2 fully saturated rings. The molecule has 1 atom stereocenters. The average Bonchev–Trinajstić information content (AvgIpc) is 3.25. The zero-order valence-electron chi connectivity index (χ0n) is 17.2. The Bertz CT molecular complexity index is 888. The van der Waals surface area contributed by atoms with Gasteiger partial charge >= 0.3 is 0 Å². The topological polar surface area (TPSA) is 80.1 Å². The fourth-order valence-corrected chi connectivity index (χ4v) is 4.73. The first-order valence-electron chi connectivity index (χ1n) is 10.4. The fraction of sp³-hybridized carbons (Fsp3) is 0.545. The van der Waals surface area contributed by atoms with Crippen LogP contribution in [0.15, 0.2) is 30.6 Å². The molecule has 2 aliphatic rings. The number of carbonyl (C=O) groups excluding carboxylic acids is 2. The summed E-state index contributed by atoms with van der Waals surface area (Å²) in [5.74, 6) is 0.0549. The zero-order chi connectivity index (χ0) is 20.4. The molecule has 29 heavy (non-hydrogen) atoms. The number of nitrogens with zero attached hydrogens (tertiary/aromatic N) is 4. The van der Waals surface area contributed by atoms with Crippen molar-refractivity contribution in [3.05, 3.63) is 47.5 Å². The minimum Gasteiger partial charge on any atom is -0.352 e. The highest BCUT2D eigenvalue weighted by atomic mass is 16.2. The first-order chi connectivity index (χ1) is 14.0. The van der Waals surface area contributed by atoms with Crippen molar-refractivity contribution in [2.45, 2.75) is 52.6 Å². The van der Waals surface area contributed by atoms with Crippen molar-refractivity contribution in [2.24, 2.45) is 11.3 Å². The third-order valence-corrected chi connectivity index (χ3v) is 6.50. The molecule has 3 heterocycles. The number of rotatable bonds is 6. The van der Waals surface area contributed by atoms with Gasteiger partial charge in [0, 0.05) is 56.1 Å². The Morgan fingerprint density at radius 2 is 2.14 bits per heavy atom. The van der Waals surface area contributed by atoms with E-state index >= 15 is 0 Å². The molecular formula is C22H29N5O2. The molecular weight excluding hydrogens is 366 g/mol. The van der Waals surface area contributed by atoms with E-state index in [2.05, 4.69) is 15.4 Å². The van der Waals surface area contributed by atoms with Crippen LogP contribution in [0.5, 0.6) is 0 Å². The molecule has 2 aromatic heterocycles. The molecule has 1 unspecified atom stereocenters. The molecule has 7 nitrogen and oxygen atoms in total. The maximum Gasteiger partial charge on any atom is 0.225 e. The van der Waals surface area contributed by atoms with E-state index in [-0.39, 0.29) is 23.1 Å². The lowest BCUT2D eigenvalue weighted by Gasteiger charge is -2.41. The van der Waals surface area contributed by atoms with Crippen molar-refractivity contribution in [1.82, 2.24) is 25.0 Å². The molecule has 0 radical (unpaired) electrons. The Morgan fingerprint density at radius 3 is 2.76 bits per heavy atom. The maximum atomic E-state index is 12.9. The van der Waals surface area contributed by atoms with Crippen LogP contribution in [0.4, 0.5) is 0 Å². The summed E-state index contributed by atoms with van der Waals surface area (Å²) in [6, 6.07) is 5.84. The summed E-state index contributed by atoms with van der Waals surface area (Å²) in [6.45, 7) is 6.25. The lowest BCUT2D eigenvalue weighted by molar-refractivity contribution is -0.131. The monoisotopic (exact) mass is 395 g/mol. The maximum absolute atomic E-state index is 12.9. The second kappa shape index (κ2) is 7.97. The highest BCUT2D eigenvalue weighted by Crippen LogP contribution is 2.51. The molecule has 0 aromatic carbocycles. The molecule has 1 N–H and O–H groups in total. The first-order valence-corrected chi connectivity index (χ1v) is 10.4. The van der Waals surface area contributed by atoms with Gasteiger partial charge in [-0.25, -0.2) is 0 Å². The van der Waals surface area contributed by atoms with Crippen LogP contribution in [-0.4, -0.2) is 44.6 Å². The minimum absolute atomic E-state index is 0.0348. The SMILES string of the molecule is Cc1cc(C)n(CCC(=O)N2CC(C(=O)NCc3cccnc3)C3(CCC3)C2)n1.